The van der Waals surface area contributed by atoms with Gasteiger partial charge in [-0.1, -0.05) is 47.5 Å². The van der Waals surface area contributed by atoms with Crippen molar-refractivity contribution in [2.24, 2.45) is 46.3 Å². The molecule has 0 N–H and O–H groups in total. The molecule has 0 aliphatic heterocycles. The summed E-state index contributed by atoms with van der Waals surface area (Å²) in [6.45, 7) is 12.2. The molecular weight excluding hydrogens is 430 g/mol. The molecule has 4 aliphatic carbocycles. The van der Waals surface area contributed by atoms with Crippen molar-refractivity contribution in [3.8, 4) is 0 Å². The van der Waals surface area contributed by atoms with E-state index < -0.39 is 0 Å². The fourth-order valence-corrected chi connectivity index (χ4v) is 9.30. The molecule has 6 rings (SSSR count). The van der Waals surface area contributed by atoms with Crippen LogP contribution in [0.2, 0.25) is 0 Å². The van der Waals surface area contributed by atoms with Gasteiger partial charge in [0.15, 0.2) is 5.78 Å². The molecular formula is C31H47N3O. The molecule has 8 atom stereocenters. The van der Waals surface area contributed by atoms with E-state index in [0.717, 1.165) is 46.9 Å². The molecule has 2 aromatic rings. The Balaban J connectivity index is 0.000000806. The van der Waals surface area contributed by atoms with E-state index in [-0.39, 0.29) is 11.3 Å². The summed E-state index contributed by atoms with van der Waals surface area (Å²) in [5, 5.41) is 5.58. The number of nitrogens with zero attached hydrogens (tertiary/aromatic N) is 3. The van der Waals surface area contributed by atoms with Crippen LogP contribution in [0.15, 0.2) is 24.7 Å². The normalized spacial score (nSPS) is 40.3. The zero-order valence-corrected chi connectivity index (χ0v) is 22.8. The van der Waals surface area contributed by atoms with Gasteiger partial charge in [0.2, 0.25) is 0 Å². The van der Waals surface area contributed by atoms with Crippen molar-refractivity contribution in [1.29, 1.82) is 0 Å². The van der Waals surface area contributed by atoms with Crippen LogP contribution in [0.5, 0.6) is 0 Å². The number of rotatable bonds is 3. The van der Waals surface area contributed by atoms with Crippen LogP contribution in [-0.2, 0) is 11.3 Å². The second-order valence-corrected chi connectivity index (χ2v) is 13.1. The number of hydrogen-bond donors (Lipinski definition) is 0. The molecule has 2 aromatic heterocycles. The number of Topliss-reactive ketones (excluding diaryl/α,β-unsaturated/α-hetero) is 1. The van der Waals surface area contributed by atoms with E-state index in [1.807, 2.05) is 23.1 Å². The van der Waals surface area contributed by atoms with Gasteiger partial charge in [-0.3, -0.25) is 14.5 Å². The highest BCUT2D eigenvalue weighted by Crippen LogP contribution is 2.67. The SMILES string of the molecule is CC1CCC2(C)C(CCC3C2CCC2(C)C(C(=O)Cn4ncc5ccncc54)CCC32)C1.CCC. The molecule has 0 radical (unpaired) electrons. The highest BCUT2D eigenvalue weighted by atomic mass is 16.1. The van der Waals surface area contributed by atoms with Crippen molar-refractivity contribution in [2.75, 3.05) is 0 Å². The zero-order chi connectivity index (χ0) is 24.8. The fraction of sp³-hybridized carbons (Fsp3) is 0.774. The lowest BCUT2D eigenvalue weighted by Gasteiger charge is -2.61. The molecule has 2 heterocycles. The molecule has 4 saturated carbocycles. The van der Waals surface area contributed by atoms with Gasteiger partial charge >= 0.3 is 0 Å². The summed E-state index contributed by atoms with van der Waals surface area (Å²) >= 11 is 0. The molecule has 0 bridgehead atoms. The van der Waals surface area contributed by atoms with E-state index in [4.69, 9.17) is 0 Å². The smallest absolute Gasteiger partial charge is 0.157 e. The van der Waals surface area contributed by atoms with Crippen LogP contribution in [0.4, 0.5) is 0 Å². The summed E-state index contributed by atoms with van der Waals surface area (Å²) in [4.78, 5) is 17.9. The lowest BCUT2D eigenvalue weighted by molar-refractivity contribution is -0.137. The third-order valence-electron chi connectivity index (χ3n) is 11.1. The quantitative estimate of drug-likeness (QED) is 0.455. The Morgan fingerprint density at radius 1 is 1.00 bits per heavy atom. The summed E-state index contributed by atoms with van der Waals surface area (Å²) in [6, 6.07) is 1.97. The van der Waals surface area contributed by atoms with E-state index >= 15 is 0 Å². The summed E-state index contributed by atoms with van der Waals surface area (Å²) in [6.07, 6.45) is 18.8. The highest BCUT2D eigenvalue weighted by Gasteiger charge is 2.60. The molecule has 0 spiro atoms. The Labute approximate surface area is 212 Å². The van der Waals surface area contributed by atoms with Crippen molar-refractivity contribution in [1.82, 2.24) is 14.8 Å². The average Bonchev–Trinajstić information content (AvgIpc) is 3.41. The minimum absolute atomic E-state index is 0.185. The van der Waals surface area contributed by atoms with Crippen LogP contribution in [0.25, 0.3) is 10.9 Å². The molecule has 0 amide bonds. The van der Waals surface area contributed by atoms with Gasteiger partial charge in [0.25, 0.3) is 0 Å². The number of fused-ring (bicyclic) bond motifs is 6. The average molecular weight is 478 g/mol. The minimum Gasteiger partial charge on any atom is -0.297 e. The van der Waals surface area contributed by atoms with E-state index in [1.54, 1.807) is 6.20 Å². The van der Waals surface area contributed by atoms with Crippen molar-refractivity contribution in [2.45, 2.75) is 105 Å². The van der Waals surface area contributed by atoms with Crippen LogP contribution in [0.1, 0.15) is 98.8 Å². The van der Waals surface area contributed by atoms with Gasteiger partial charge in [-0.15, -0.1) is 0 Å². The first-order valence-corrected chi connectivity index (χ1v) is 14.6. The van der Waals surface area contributed by atoms with Crippen LogP contribution < -0.4 is 0 Å². The van der Waals surface area contributed by atoms with Gasteiger partial charge in [-0.2, -0.15) is 5.10 Å². The topological polar surface area (TPSA) is 47.8 Å². The first-order chi connectivity index (χ1) is 16.8. The van der Waals surface area contributed by atoms with E-state index in [0.29, 0.717) is 17.7 Å². The van der Waals surface area contributed by atoms with Crippen LogP contribution in [-0.4, -0.2) is 20.5 Å². The molecule has 35 heavy (non-hydrogen) atoms. The Morgan fingerprint density at radius 3 is 2.54 bits per heavy atom. The van der Waals surface area contributed by atoms with Crippen molar-refractivity contribution in [3.05, 3.63) is 24.7 Å². The molecule has 4 fully saturated rings. The predicted molar refractivity (Wildman–Crippen MR) is 143 cm³/mol. The molecule has 0 aromatic carbocycles. The maximum Gasteiger partial charge on any atom is 0.157 e. The van der Waals surface area contributed by atoms with Crippen molar-refractivity contribution < 1.29 is 4.79 Å². The standard InChI is InChI=1S/C28H39N3O.C3H8/c1-18-8-11-27(2)20(14-18)4-5-21-22-6-7-24(28(22,3)12-9-23(21)27)26(32)17-31-25-16-29-13-10-19(25)15-30-31;1-3-2/h10,13,15-16,18,20-24H,4-9,11-12,14,17H2,1-3H3;3H2,1-2H3. The van der Waals surface area contributed by atoms with Gasteiger partial charge in [0, 0.05) is 17.5 Å². The van der Waals surface area contributed by atoms with E-state index in [2.05, 4.69) is 44.7 Å². The maximum atomic E-state index is 13.6. The molecule has 4 nitrogen and oxygen atoms in total. The van der Waals surface area contributed by atoms with Gasteiger partial charge in [0.1, 0.15) is 6.54 Å². The third-order valence-corrected chi connectivity index (χ3v) is 11.1. The Hall–Kier alpha value is -1.71. The second-order valence-electron chi connectivity index (χ2n) is 13.1. The van der Waals surface area contributed by atoms with Crippen molar-refractivity contribution in [3.63, 3.8) is 0 Å². The van der Waals surface area contributed by atoms with Crippen LogP contribution >= 0.6 is 0 Å². The second kappa shape index (κ2) is 9.63. The maximum absolute atomic E-state index is 13.6. The first kappa shape index (κ1) is 25.0. The third kappa shape index (κ3) is 4.17. The van der Waals surface area contributed by atoms with Gasteiger partial charge in [-0.05, 0) is 97.9 Å². The largest absolute Gasteiger partial charge is 0.297 e. The van der Waals surface area contributed by atoms with Crippen molar-refractivity contribution >= 4 is 16.7 Å². The van der Waals surface area contributed by atoms with E-state index in [9.17, 15) is 4.79 Å². The molecule has 4 aliphatic rings. The van der Waals surface area contributed by atoms with Gasteiger partial charge in [-0.25, -0.2) is 0 Å². The number of aromatic nitrogens is 3. The number of ketones is 1. The number of carbonyl (C=O) groups excluding carboxylic acids is 1. The Bertz CT molecular complexity index is 1040. The monoisotopic (exact) mass is 477 g/mol. The number of pyridine rings is 1. The fourth-order valence-electron chi connectivity index (χ4n) is 9.30. The highest BCUT2D eigenvalue weighted by molar-refractivity contribution is 5.84. The summed E-state index contributed by atoms with van der Waals surface area (Å²) < 4.78 is 1.88. The zero-order valence-electron chi connectivity index (χ0n) is 22.8. The lowest BCUT2D eigenvalue weighted by atomic mass is 9.44. The summed E-state index contributed by atoms with van der Waals surface area (Å²) in [5.41, 5.74) is 1.71. The van der Waals surface area contributed by atoms with Gasteiger partial charge in [0.05, 0.1) is 17.9 Å². The molecule has 8 unspecified atom stereocenters. The number of carbonyl (C=O) groups is 1. The Kier molecular flexibility index (Phi) is 6.87. The summed E-state index contributed by atoms with van der Waals surface area (Å²) in [5.74, 6) is 4.93. The predicted octanol–water partition coefficient (Wildman–Crippen LogP) is 7.71. The van der Waals surface area contributed by atoms with Crippen LogP contribution in [0, 0.1) is 46.3 Å². The first-order valence-electron chi connectivity index (χ1n) is 14.6. The summed E-state index contributed by atoms with van der Waals surface area (Å²) in [7, 11) is 0. The molecule has 192 valence electrons. The molecule has 4 heteroatoms. The van der Waals surface area contributed by atoms with E-state index in [1.165, 1.54) is 57.8 Å². The minimum atomic E-state index is 0.185. The Morgan fingerprint density at radius 2 is 1.74 bits per heavy atom. The lowest BCUT2D eigenvalue weighted by Crippen LogP contribution is -2.53. The van der Waals surface area contributed by atoms with Crippen LogP contribution in [0.3, 0.4) is 0 Å². The molecule has 0 saturated heterocycles. The van der Waals surface area contributed by atoms with Gasteiger partial charge < -0.3 is 0 Å². The number of hydrogen-bond acceptors (Lipinski definition) is 3.